The molecule has 2 fully saturated rings. The Kier molecular flexibility index (Phi) is 7.00. The van der Waals surface area contributed by atoms with Crippen LogP contribution in [0.5, 0.6) is 0 Å². The van der Waals surface area contributed by atoms with Gasteiger partial charge in [0.25, 0.3) is 0 Å². The van der Waals surface area contributed by atoms with E-state index in [4.69, 9.17) is 4.74 Å². The molecule has 0 N–H and O–H groups in total. The molecule has 0 aliphatic carbocycles. The molecule has 1 unspecified atom stereocenters. The predicted molar refractivity (Wildman–Crippen MR) is 130 cm³/mol. The molecule has 5 rings (SSSR count). The second-order valence-electron chi connectivity index (χ2n) is 9.15. The standard InChI is InChI=1S/C26H29F2N3O3S/c27-19-5-3-7-21(17-19)35(32,33)24-18-29-25-22(8-4-9-23(25)28)26(24)31-11-2-1-6-20(31)10-12-30-13-15-34-16-14-30/h3-5,7-9,17-18,20H,1-2,6,10-16H2. The van der Waals surface area contributed by atoms with Gasteiger partial charge in [-0.3, -0.25) is 9.88 Å². The minimum atomic E-state index is -4.10. The molecule has 2 aliphatic rings. The molecule has 0 spiro atoms. The molecule has 9 heteroatoms. The number of piperidine rings is 1. The zero-order chi connectivity index (χ0) is 24.4. The number of hydrogen-bond acceptors (Lipinski definition) is 6. The van der Waals surface area contributed by atoms with Gasteiger partial charge in [0.1, 0.15) is 22.0 Å². The summed E-state index contributed by atoms with van der Waals surface area (Å²) in [6.45, 7) is 4.75. The van der Waals surface area contributed by atoms with E-state index in [0.29, 0.717) is 17.6 Å². The zero-order valence-electron chi connectivity index (χ0n) is 19.5. The molecule has 0 amide bonds. The number of anilines is 1. The van der Waals surface area contributed by atoms with Crippen LogP contribution in [0.3, 0.4) is 0 Å². The highest BCUT2D eigenvalue weighted by molar-refractivity contribution is 7.91. The van der Waals surface area contributed by atoms with Crippen molar-refractivity contribution in [2.24, 2.45) is 0 Å². The van der Waals surface area contributed by atoms with Gasteiger partial charge < -0.3 is 9.64 Å². The summed E-state index contributed by atoms with van der Waals surface area (Å²) in [5, 5.41) is 0.459. The lowest BCUT2D eigenvalue weighted by Crippen LogP contribution is -2.44. The monoisotopic (exact) mass is 501 g/mol. The fourth-order valence-corrected chi connectivity index (χ4v) is 6.61. The van der Waals surface area contributed by atoms with E-state index in [1.54, 1.807) is 12.1 Å². The molecule has 0 bridgehead atoms. The van der Waals surface area contributed by atoms with E-state index in [1.807, 2.05) is 0 Å². The highest BCUT2D eigenvalue weighted by atomic mass is 32.2. The maximum atomic E-state index is 14.7. The van der Waals surface area contributed by atoms with Gasteiger partial charge in [0.15, 0.2) is 0 Å². The molecule has 35 heavy (non-hydrogen) atoms. The molecule has 2 saturated heterocycles. The highest BCUT2D eigenvalue weighted by Gasteiger charge is 2.32. The number of fused-ring (bicyclic) bond motifs is 1. The van der Waals surface area contributed by atoms with Gasteiger partial charge in [-0.1, -0.05) is 18.2 Å². The smallest absolute Gasteiger partial charge is 0.210 e. The lowest BCUT2D eigenvalue weighted by Gasteiger charge is -2.40. The fourth-order valence-electron chi connectivity index (χ4n) is 5.16. The van der Waals surface area contributed by atoms with Gasteiger partial charge >= 0.3 is 0 Å². The Morgan fingerprint density at radius 1 is 1.03 bits per heavy atom. The average molecular weight is 502 g/mol. The van der Waals surface area contributed by atoms with Gasteiger partial charge in [0.05, 0.1) is 23.8 Å². The van der Waals surface area contributed by atoms with E-state index in [1.165, 1.54) is 30.5 Å². The SMILES string of the molecule is O=S(=O)(c1cccc(F)c1)c1cnc2c(F)cccc2c1N1CCCCC1CCN1CCOCC1. The number of ether oxygens (including phenoxy) is 1. The maximum Gasteiger partial charge on any atom is 0.210 e. The van der Waals surface area contributed by atoms with Gasteiger partial charge in [-0.05, 0) is 49.9 Å². The van der Waals surface area contributed by atoms with E-state index in [0.717, 1.165) is 64.6 Å². The second-order valence-corrected chi connectivity index (χ2v) is 11.1. The van der Waals surface area contributed by atoms with E-state index >= 15 is 0 Å². The third kappa shape index (κ3) is 4.90. The van der Waals surface area contributed by atoms with Crippen molar-refractivity contribution in [1.82, 2.24) is 9.88 Å². The quantitative estimate of drug-likeness (QED) is 0.498. The lowest BCUT2D eigenvalue weighted by molar-refractivity contribution is 0.0362. The van der Waals surface area contributed by atoms with Crippen LogP contribution in [0.15, 0.2) is 58.5 Å². The molecule has 2 aliphatic heterocycles. The van der Waals surface area contributed by atoms with Crippen molar-refractivity contribution in [2.45, 2.75) is 41.5 Å². The molecular formula is C26H29F2N3O3S. The first kappa shape index (κ1) is 24.1. The van der Waals surface area contributed by atoms with Crippen LogP contribution in [-0.2, 0) is 14.6 Å². The van der Waals surface area contributed by atoms with Gasteiger partial charge in [-0.2, -0.15) is 0 Å². The molecule has 2 aromatic carbocycles. The number of sulfone groups is 1. The minimum absolute atomic E-state index is 0.0144. The van der Waals surface area contributed by atoms with Crippen LogP contribution in [0, 0.1) is 11.6 Å². The zero-order valence-corrected chi connectivity index (χ0v) is 20.3. The number of aromatic nitrogens is 1. The number of benzene rings is 2. The summed E-state index contributed by atoms with van der Waals surface area (Å²) in [6, 6.07) is 9.70. The number of halogens is 2. The Hall–Kier alpha value is -2.62. The van der Waals surface area contributed by atoms with E-state index in [2.05, 4.69) is 14.8 Å². The Bertz CT molecular complexity index is 1310. The summed E-state index contributed by atoms with van der Waals surface area (Å²) >= 11 is 0. The Balaban J connectivity index is 1.60. The van der Waals surface area contributed by atoms with Crippen LogP contribution in [0.25, 0.3) is 10.9 Å². The molecule has 6 nitrogen and oxygen atoms in total. The molecule has 1 aromatic heterocycles. The van der Waals surface area contributed by atoms with Crippen molar-refractivity contribution in [3.05, 3.63) is 60.3 Å². The van der Waals surface area contributed by atoms with Crippen molar-refractivity contribution in [3.63, 3.8) is 0 Å². The van der Waals surface area contributed by atoms with Gasteiger partial charge in [-0.25, -0.2) is 17.2 Å². The normalized spacial score (nSPS) is 19.8. The van der Waals surface area contributed by atoms with Gasteiger partial charge in [0.2, 0.25) is 9.84 Å². The van der Waals surface area contributed by atoms with Crippen LogP contribution >= 0.6 is 0 Å². The summed E-state index contributed by atoms with van der Waals surface area (Å²) in [4.78, 5) is 8.53. The molecule has 186 valence electrons. The molecule has 3 aromatic rings. The number of rotatable bonds is 6. The van der Waals surface area contributed by atoms with Crippen molar-refractivity contribution >= 4 is 26.4 Å². The largest absolute Gasteiger partial charge is 0.379 e. The van der Waals surface area contributed by atoms with E-state index in [9.17, 15) is 17.2 Å². The maximum absolute atomic E-state index is 14.7. The van der Waals surface area contributed by atoms with Gasteiger partial charge in [0, 0.05) is 43.8 Å². The molecule has 0 saturated carbocycles. The molecule has 0 radical (unpaired) electrons. The Morgan fingerprint density at radius 2 is 1.83 bits per heavy atom. The van der Waals surface area contributed by atoms with E-state index in [-0.39, 0.29) is 21.3 Å². The van der Waals surface area contributed by atoms with Crippen LogP contribution < -0.4 is 4.90 Å². The number of nitrogens with zero attached hydrogens (tertiary/aromatic N) is 3. The topological polar surface area (TPSA) is 62.7 Å². The first-order valence-corrected chi connectivity index (χ1v) is 13.6. The molecule has 1 atom stereocenters. The van der Waals surface area contributed by atoms with E-state index < -0.39 is 21.5 Å². The summed E-state index contributed by atoms with van der Waals surface area (Å²) < 4.78 is 61.6. The number of morpholine rings is 1. The number of para-hydroxylation sites is 1. The average Bonchev–Trinajstić information content (AvgIpc) is 2.88. The second kappa shape index (κ2) is 10.2. The first-order chi connectivity index (χ1) is 16.9. The highest BCUT2D eigenvalue weighted by Crippen LogP contribution is 2.40. The Labute approximate surface area is 204 Å². The van der Waals surface area contributed by atoms with Crippen LogP contribution in [0.4, 0.5) is 14.5 Å². The minimum Gasteiger partial charge on any atom is -0.379 e. The molecular weight excluding hydrogens is 472 g/mol. The number of pyridine rings is 1. The van der Waals surface area contributed by atoms with Crippen LogP contribution in [0.2, 0.25) is 0 Å². The summed E-state index contributed by atoms with van der Waals surface area (Å²) in [6.07, 6.45) is 4.97. The third-order valence-electron chi connectivity index (χ3n) is 6.98. The summed E-state index contributed by atoms with van der Waals surface area (Å²) in [7, 11) is -4.10. The van der Waals surface area contributed by atoms with Crippen molar-refractivity contribution in [2.75, 3.05) is 44.3 Å². The molecule has 3 heterocycles. The number of hydrogen-bond donors (Lipinski definition) is 0. The lowest BCUT2D eigenvalue weighted by atomic mass is 9.97. The van der Waals surface area contributed by atoms with Crippen molar-refractivity contribution in [1.29, 1.82) is 0 Å². The van der Waals surface area contributed by atoms with Crippen LogP contribution in [-0.4, -0.2) is 63.7 Å². The van der Waals surface area contributed by atoms with Gasteiger partial charge in [-0.15, -0.1) is 0 Å². The summed E-state index contributed by atoms with van der Waals surface area (Å²) in [5.74, 6) is -1.13. The van der Waals surface area contributed by atoms with Crippen LogP contribution in [0.1, 0.15) is 25.7 Å². The van der Waals surface area contributed by atoms with Crippen molar-refractivity contribution in [3.8, 4) is 0 Å². The summed E-state index contributed by atoms with van der Waals surface area (Å²) in [5.41, 5.74) is 0.601. The third-order valence-corrected chi connectivity index (χ3v) is 8.73. The van der Waals surface area contributed by atoms with Crippen molar-refractivity contribution < 1.29 is 21.9 Å². The first-order valence-electron chi connectivity index (χ1n) is 12.1. The predicted octanol–water partition coefficient (Wildman–Crippen LogP) is 4.43. The fraction of sp³-hybridized carbons (Fsp3) is 0.423. The Morgan fingerprint density at radius 3 is 2.63 bits per heavy atom.